The van der Waals surface area contributed by atoms with Crippen molar-refractivity contribution in [3.05, 3.63) is 53.5 Å². The summed E-state index contributed by atoms with van der Waals surface area (Å²) in [7, 11) is 0. The van der Waals surface area contributed by atoms with Gasteiger partial charge in [0.1, 0.15) is 5.82 Å². The highest BCUT2D eigenvalue weighted by molar-refractivity contribution is 5.94. The van der Waals surface area contributed by atoms with Gasteiger partial charge in [0, 0.05) is 24.0 Å². The van der Waals surface area contributed by atoms with E-state index in [-0.39, 0.29) is 5.91 Å². The first kappa shape index (κ1) is 14.0. The Morgan fingerprint density at radius 2 is 2.15 bits per heavy atom. The highest BCUT2D eigenvalue weighted by Gasteiger charge is 2.16. The van der Waals surface area contributed by atoms with Crippen molar-refractivity contribution in [1.82, 2.24) is 14.9 Å². The van der Waals surface area contributed by atoms with Crippen LogP contribution >= 0.6 is 0 Å². The van der Waals surface area contributed by atoms with E-state index in [2.05, 4.69) is 9.97 Å². The fraction of sp³-hybridized carbons (Fsp3) is 0.267. The van der Waals surface area contributed by atoms with Crippen molar-refractivity contribution in [3.8, 4) is 0 Å². The van der Waals surface area contributed by atoms with Crippen LogP contribution in [0.4, 0.5) is 5.82 Å². The summed E-state index contributed by atoms with van der Waals surface area (Å²) < 4.78 is 0. The third kappa shape index (κ3) is 3.32. The topological polar surface area (TPSA) is 72.1 Å². The van der Waals surface area contributed by atoms with Gasteiger partial charge < -0.3 is 10.6 Å². The van der Waals surface area contributed by atoms with E-state index >= 15 is 0 Å². The van der Waals surface area contributed by atoms with E-state index in [1.165, 1.54) is 0 Å². The van der Waals surface area contributed by atoms with Crippen LogP contribution in [0.25, 0.3) is 0 Å². The van der Waals surface area contributed by atoms with Crippen LogP contribution in [0.15, 0.2) is 36.5 Å². The van der Waals surface area contributed by atoms with Crippen molar-refractivity contribution in [3.63, 3.8) is 0 Å². The number of pyridine rings is 2. The van der Waals surface area contributed by atoms with E-state index in [1.54, 1.807) is 23.2 Å². The maximum atomic E-state index is 12.5. The second-order valence-corrected chi connectivity index (χ2v) is 4.56. The molecule has 0 aliphatic heterocycles. The quantitative estimate of drug-likeness (QED) is 0.922. The Hall–Kier alpha value is -2.43. The molecule has 2 heterocycles. The maximum Gasteiger partial charge on any atom is 0.254 e. The SMILES string of the molecule is CCN(Cc1ccccn1)C(=O)c1cc(C)nc(N)c1. The summed E-state index contributed by atoms with van der Waals surface area (Å²) in [5, 5.41) is 0. The zero-order valence-electron chi connectivity index (χ0n) is 11.7. The molecule has 2 rings (SSSR count). The van der Waals surface area contributed by atoms with Crippen molar-refractivity contribution in [2.24, 2.45) is 0 Å². The lowest BCUT2D eigenvalue weighted by molar-refractivity contribution is 0.0750. The molecule has 0 unspecified atom stereocenters. The number of carbonyl (C=O) groups is 1. The number of nitrogen functional groups attached to an aromatic ring is 1. The Morgan fingerprint density at radius 1 is 1.35 bits per heavy atom. The molecule has 5 heteroatoms. The van der Waals surface area contributed by atoms with E-state index < -0.39 is 0 Å². The predicted molar refractivity (Wildman–Crippen MR) is 78.0 cm³/mol. The van der Waals surface area contributed by atoms with Crippen LogP contribution in [0.2, 0.25) is 0 Å². The number of hydrogen-bond acceptors (Lipinski definition) is 4. The normalized spacial score (nSPS) is 10.3. The molecule has 0 bridgehead atoms. The predicted octanol–water partition coefficient (Wildman–Crippen LogP) is 2.03. The van der Waals surface area contributed by atoms with Gasteiger partial charge in [-0.25, -0.2) is 4.98 Å². The average molecular weight is 270 g/mol. The molecule has 0 fully saturated rings. The lowest BCUT2D eigenvalue weighted by atomic mass is 10.2. The standard InChI is InChI=1S/C15H18N4O/c1-3-19(10-13-6-4-5-7-17-13)15(20)12-8-11(2)18-14(16)9-12/h4-9H,3,10H2,1-2H3,(H2,16,18). The highest BCUT2D eigenvalue weighted by Crippen LogP contribution is 2.12. The summed E-state index contributed by atoms with van der Waals surface area (Å²) >= 11 is 0. The molecular weight excluding hydrogens is 252 g/mol. The van der Waals surface area contributed by atoms with Crippen molar-refractivity contribution in [2.75, 3.05) is 12.3 Å². The van der Waals surface area contributed by atoms with Gasteiger partial charge >= 0.3 is 0 Å². The fourth-order valence-corrected chi connectivity index (χ4v) is 2.01. The number of nitrogens with zero attached hydrogens (tertiary/aromatic N) is 3. The summed E-state index contributed by atoms with van der Waals surface area (Å²) in [6, 6.07) is 9.03. The molecule has 0 aromatic carbocycles. The molecular formula is C15H18N4O. The van der Waals surface area contributed by atoms with Crippen LogP contribution in [-0.4, -0.2) is 27.3 Å². The molecule has 20 heavy (non-hydrogen) atoms. The number of anilines is 1. The Bertz CT molecular complexity index is 578. The molecule has 2 aromatic rings. The maximum absolute atomic E-state index is 12.5. The zero-order chi connectivity index (χ0) is 14.5. The summed E-state index contributed by atoms with van der Waals surface area (Å²) in [5.74, 6) is 0.303. The van der Waals surface area contributed by atoms with Crippen molar-refractivity contribution >= 4 is 11.7 Å². The van der Waals surface area contributed by atoms with Gasteiger partial charge in [-0.15, -0.1) is 0 Å². The summed E-state index contributed by atoms with van der Waals surface area (Å²) in [6.45, 7) is 4.86. The van der Waals surface area contributed by atoms with Crippen LogP contribution in [0.1, 0.15) is 28.7 Å². The van der Waals surface area contributed by atoms with E-state index in [0.29, 0.717) is 24.5 Å². The summed E-state index contributed by atoms with van der Waals surface area (Å²) in [6.07, 6.45) is 1.72. The first-order valence-corrected chi connectivity index (χ1v) is 6.53. The van der Waals surface area contributed by atoms with Gasteiger partial charge in [-0.3, -0.25) is 9.78 Å². The van der Waals surface area contributed by atoms with E-state index in [9.17, 15) is 4.79 Å². The van der Waals surface area contributed by atoms with Gasteiger partial charge in [0.2, 0.25) is 0 Å². The number of aryl methyl sites for hydroxylation is 1. The third-order valence-corrected chi connectivity index (χ3v) is 2.97. The van der Waals surface area contributed by atoms with Crippen LogP contribution in [0.3, 0.4) is 0 Å². The number of hydrogen-bond donors (Lipinski definition) is 1. The molecule has 0 spiro atoms. The molecule has 0 saturated heterocycles. The monoisotopic (exact) mass is 270 g/mol. The van der Waals surface area contributed by atoms with Gasteiger partial charge in [0.15, 0.2) is 0 Å². The second kappa shape index (κ2) is 6.14. The number of carbonyl (C=O) groups excluding carboxylic acids is 1. The molecule has 1 amide bonds. The Morgan fingerprint density at radius 3 is 2.75 bits per heavy atom. The lowest BCUT2D eigenvalue weighted by Crippen LogP contribution is -2.30. The zero-order valence-corrected chi connectivity index (χ0v) is 11.7. The lowest BCUT2D eigenvalue weighted by Gasteiger charge is -2.20. The van der Waals surface area contributed by atoms with Crippen LogP contribution in [-0.2, 0) is 6.54 Å². The largest absolute Gasteiger partial charge is 0.384 e. The van der Waals surface area contributed by atoms with E-state index in [4.69, 9.17) is 5.73 Å². The summed E-state index contributed by atoms with van der Waals surface area (Å²) in [5.41, 5.74) is 7.86. The molecule has 2 aromatic heterocycles. The molecule has 2 N–H and O–H groups in total. The van der Waals surface area contributed by atoms with Crippen molar-refractivity contribution in [2.45, 2.75) is 20.4 Å². The Kier molecular flexibility index (Phi) is 4.30. The fourth-order valence-electron chi connectivity index (χ4n) is 2.01. The molecule has 5 nitrogen and oxygen atoms in total. The van der Waals surface area contributed by atoms with E-state index in [0.717, 1.165) is 11.4 Å². The average Bonchev–Trinajstić information content (AvgIpc) is 2.44. The van der Waals surface area contributed by atoms with Crippen molar-refractivity contribution in [1.29, 1.82) is 0 Å². The van der Waals surface area contributed by atoms with Gasteiger partial charge in [0.05, 0.1) is 12.2 Å². The minimum atomic E-state index is -0.0599. The second-order valence-electron chi connectivity index (χ2n) is 4.56. The number of amides is 1. The van der Waals surface area contributed by atoms with Gasteiger partial charge in [-0.2, -0.15) is 0 Å². The smallest absolute Gasteiger partial charge is 0.254 e. The van der Waals surface area contributed by atoms with Crippen LogP contribution in [0.5, 0.6) is 0 Å². The summed E-state index contributed by atoms with van der Waals surface area (Å²) in [4.78, 5) is 22.6. The highest BCUT2D eigenvalue weighted by atomic mass is 16.2. The van der Waals surface area contributed by atoms with E-state index in [1.807, 2.05) is 32.0 Å². The number of rotatable bonds is 4. The minimum Gasteiger partial charge on any atom is -0.384 e. The third-order valence-electron chi connectivity index (χ3n) is 2.97. The van der Waals surface area contributed by atoms with Gasteiger partial charge in [-0.1, -0.05) is 6.07 Å². The van der Waals surface area contributed by atoms with Gasteiger partial charge in [0.25, 0.3) is 5.91 Å². The molecule has 104 valence electrons. The number of nitrogens with two attached hydrogens (primary N) is 1. The molecule has 0 atom stereocenters. The van der Waals surface area contributed by atoms with Crippen LogP contribution < -0.4 is 5.73 Å². The Balaban J connectivity index is 2.20. The van der Waals surface area contributed by atoms with Crippen molar-refractivity contribution < 1.29 is 4.79 Å². The molecule has 0 aliphatic rings. The minimum absolute atomic E-state index is 0.0599. The Labute approximate surface area is 118 Å². The number of aromatic nitrogens is 2. The molecule has 0 aliphatic carbocycles. The first-order chi connectivity index (χ1) is 9.60. The van der Waals surface area contributed by atoms with Gasteiger partial charge in [-0.05, 0) is 38.1 Å². The molecule has 0 saturated carbocycles. The molecule has 0 radical (unpaired) electrons. The first-order valence-electron chi connectivity index (χ1n) is 6.53. The van der Waals surface area contributed by atoms with Crippen LogP contribution in [0, 0.1) is 6.92 Å².